The normalized spacial score (nSPS) is 11.7. The summed E-state index contributed by atoms with van der Waals surface area (Å²) in [5.41, 5.74) is 4.77. The molecular weight excluding hydrogens is 438 g/mol. The minimum absolute atomic E-state index is 0.190. The van der Waals surface area contributed by atoms with E-state index in [1.807, 2.05) is 50.5 Å². The molecule has 2 N–H and O–H groups in total. The van der Waals surface area contributed by atoms with Gasteiger partial charge in [-0.1, -0.05) is 43.3 Å². The maximum absolute atomic E-state index is 13.4. The number of nitrogens with one attached hydrogen (secondary N) is 1. The van der Waals surface area contributed by atoms with E-state index < -0.39 is 6.04 Å². The summed E-state index contributed by atoms with van der Waals surface area (Å²) in [6, 6.07) is 22.5. The van der Waals surface area contributed by atoms with Crippen LogP contribution in [0.2, 0.25) is 0 Å². The number of hydrogen-bond acceptors (Lipinski definition) is 4. The second kappa shape index (κ2) is 10.9. The van der Waals surface area contributed by atoms with Crippen molar-refractivity contribution in [3.05, 3.63) is 89.6 Å². The number of aryl methyl sites for hydroxylation is 1. The second-order valence-corrected chi connectivity index (χ2v) is 8.59. The molecule has 4 aromatic rings. The molecule has 0 radical (unpaired) electrons. The summed E-state index contributed by atoms with van der Waals surface area (Å²) < 4.78 is 7.91. The lowest BCUT2D eigenvalue weighted by molar-refractivity contribution is 0.0912. The second-order valence-electron chi connectivity index (χ2n) is 8.59. The maximum atomic E-state index is 13.4. The van der Waals surface area contributed by atoms with Crippen molar-refractivity contribution in [3.63, 3.8) is 0 Å². The standard InChI is InChI=1S/C29H29N3O3/c1-3-13-35-28-12-11-22(21-8-6-7-20(14-21)17-30)16-26(28)29(34)31-24(19-33)15-23-18-32(2)27-10-5-4-9-25(23)27/h4-12,14,16,18,24,33H,3,13,15,19H2,1-2H3,(H,31,34)/t24-/m1/s1. The smallest absolute Gasteiger partial charge is 0.255 e. The molecule has 3 aromatic carbocycles. The molecule has 0 aliphatic heterocycles. The largest absolute Gasteiger partial charge is 0.493 e. The van der Waals surface area contributed by atoms with Gasteiger partial charge in [0.15, 0.2) is 0 Å². The van der Waals surface area contributed by atoms with Crippen LogP contribution in [0.1, 0.15) is 34.8 Å². The van der Waals surface area contributed by atoms with E-state index in [4.69, 9.17) is 4.74 Å². The third-order valence-electron chi connectivity index (χ3n) is 6.01. The van der Waals surface area contributed by atoms with Gasteiger partial charge in [-0.3, -0.25) is 4.79 Å². The highest BCUT2D eigenvalue weighted by Crippen LogP contribution is 2.28. The molecule has 0 fully saturated rings. The lowest BCUT2D eigenvalue weighted by Crippen LogP contribution is -2.39. The van der Waals surface area contributed by atoms with Crippen LogP contribution in [0.5, 0.6) is 5.75 Å². The number of benzene rings is 3. The Labute approximate surface area is 205 Å². The van der Waals surface area contributed by atoms with Crippen LogP contribution in [-0.2, 0) is 13.5 Å². The topological polar surface area (TPSA) is 87.3 Å². The van der Waals surface area contributed by atoms with Gasteiger partial charge in [0.2, 0.25) is 0 Å². The zero-order valence-electron chi connectivity index (χ0n) is 20.0. The van der Waals surface area contributed by atoms with Gasteiger partial charge in [-0.2, -0.15) is 5.26 Å². The van der Waals surface area contributed by atoms with Gasteiger partial charge in [-0.25, -0.2) is 0 Å². The molecule has 1 aromatic heterocycles. The first-order chi connectivity index (χ1) is 17.0. The number of aliphatic hydroxyl groups excluding tert-OH is 1. The lowest BCUT2D eigenvalue weighted by Gasteiger charge is -2.18. The van der Waals surface area contributed by atoms with Gasteiger partial charge >= 0.3 is 0 Å². The fraction of sp³-hybridized carbons (Fsp3) is 0.241. The van der Waals surface area contributed by atoms with Crippen LogP contribution in [0, 0.1) is 11.3 Å². The Hall–Kier alpha value is -4.08. The number of aromatic nitrogens is 1. The van der Waals surface area contributed by atoms with E-state index in [2.05, 4.69) is 28.1 Å². The molecule has 0 aliphatic rings. The predicted octanol–water partition coefficient (Wildman–Crippen LogP) is 4.84. The number of aliphatic hydroxyl groups is 1. The number of carbonyl (C=O) groups excluding carboxylic acids is 1. The Morgan fingerprint density at radius 3 is 2.69 bits per heavy atom. The highest BCUT2D eigenvalue weighted by molar-refractivity contribution is 5.98. The van der Waals surface area contributed by atoms with Crippen molar-refractivity contribution in [3.8, 4) is 22.9 Å². The van der Waals surface area contributed by atoms with E-state index in [9.17, 15) is 15.2 Å². The zero-order chi connectivity index (χ0) is 24.8. The van der Waals surface area contributed by atoms with Crippen LogP contribution in [0.4, 0.5) is 0 Å². The van der Waals surface area contributed by atoms with E-state index in [-0.39, 0.29) is 12.5 Å². The number of amides is 1. The summed E-state index contributed by atoms with van der Waals surface area (Å²) in [5, 5.41) is 23.4. The van der Waals surface area contributed by atoms with Crippen molar-refractivity contribution in [2.45, 2.75) is 25.8 Å². The van der Waals surface area contributed by atoms with E-state index >= 15 is 0 Å². The molecule has 6 nitrogen and oxygen atoms in total. The quantitative estimate of drug-likeness (QED) is 0.369. The van der Waals surface area contributed by atoms with Gasteiger partial charge < -0.3 is 19.7 Å². The van der Waals surface area contributed by atoms with Crippen molar-refractivity contribution < 1.29 is 14.6 Å². The number of nitrogens with zero attached hydrogens (tertiary/aromatic N) is 2. The van der Waals surface area contributed by atoms with Gasteiger partial charge in [0.25, 0.3) is 5.91 Å². The van der Waals surface area contributed by atoms with Crippen LogP contribution in [0.25, 0.3) is 22.0 Å². The summed E-state index contributed by atoms with van der Waals surface area (Å²) in [5.74, 6) is 0.181. The molecule has 0 saturated heterocycles. The third-order valence-corrected chi connectivity index (χ3v) is 6.01. The van der Waals surface area contributed by atoms with E-state index in [1.165, 1.54) is 0 Å². The minimum Gasteiger partial charge on any atom is -0.493 e. The molecule has 0 bridgehead atoms. The molecular formula is C29H29N3O3. The van der Waals surface area contributed by atoms with Gasteiger partial charge in [0.1, 0.15) is 5.75 Å². The Morgan fingerprint density at radius 1 is 1.11 bits per heavy atom. The molecule has 0 spiro atoms. The SMILES string of the molecule is CCCOc1ccc(-c2cccc(C#N)c2)cc1C(=O)N[C@@H](CO)Cc1cn(C)c2ccccc12. The molecule has 178 valence electrons. The highest BCUT2D eigenvalue weighted by atomic mass is 16.5. The Balaban J connectivity index is 1.62. The molecule has 0 saturated carbocycles. The minimum atomic E-state index is -0.460. The summed E-state index contributed by atoms with van der Waals surface area (Å²) in [6.07, 6.45) is 3.35. The van der Waals surface area contributed by atoms with Crippen LogP contribution in [0.15, 0.2) is 72.9 Å². The molecule has 4 rings (SSSR count). The molecule has 0 aliphatic carbocycles. The number of fused-ring (bicyclic) bond motifs is 1. The van der Waals surface area contributed by atoms with Gasteiger partial charge in [-0.15, -0.1) is 0 Å². The summed E-state index contributed by atoms with van der Waals surface area (Å²) in [6.45, 7) is 2.31. The number of rotatable bonds is 9. The van der Waals surface area contributed by atoms with Crippen LogP contribution >= 0.6 is 0 Å². The van der Waals surface area contributed by atoms with Crippen LogP contribution in [0.3, 0.4) is 0 Å². The van der Waals surface area contributed by atoms with Crippen molar-refractivity contribution >= 4 is 16.8 Å². The molecule has 0 unspecified atom stereocenters. The summed E-state index contributed by atoms with van der Waals surface area (Å²) >= 11 is 0. The van der Waals surface area contributed by atoms with Crippen molar-refractivity contribution in [1.82, 2.24) is 9.88 Å². The number of para-hydroxylation sites is 1. The van der Waals surface area contributed by atoms with Crippen molar-refractivity contribution in [1.29, 1.82) is 5.26 Å². The van der Waals surface area contributed by atoms with Crippen LogP contribution in [-0.4, -0.2) is 34.8 Å². The third kappa shape index (κ3) is 5.37. The number of carbonyl (C=O) groups is 1. The van der Waals surface area contributed by atoms with E-state index in [0.29, 0.717) is 29.9 Å². The first-order valence-electron chi connectivity index (χ1n) is 11.8. The molecule has 1 heterocycles. The van der Waals surface area contributed by atoms with E-state index in [0.717, 1.165) is 34.0 Å². The molecule has 35 heavy (non-hydrogen) atoms. The summed E-state index contributed by atoms with van der Waals surface area (Å²) in [4.78, 5) is 13.4. The molecule has 1 amide bonds. The Kier molecular flexibility index (Phi) is 7.49. The molecule has 6 heteroatoms. The predicted molar refractivity (Wildman–Crippen MR) is 137 cm³/mol. The van der Waals surface area contributed by atoms with Gasteiger partial charge in [0, 0.05) is 24.1 Å². The van der Waals surface area contributed by atoms with Crippen LogP contribution < -0.4 is 10.1 Å². The number of hydrogen-bond donors (Lipinski definition) is 2. The van der Waals surface area contributed by atoms with Crippen molar-refractivity contribution in [2.75, 3.05) is 13.2 Å². The maximum Gasteiger partial charge on any atom is 0.255 e. The average molecular weight is 468 g/mol. The molecule has 1 atom stereocenters. The number of ether oxygens (including phenoxy) is 1. The highest BCUT2D eigenvalue weighted by Gasteiger charge is 2.20. The monoisotopic (exact) mass is 467 g/mol. The summed E-state index contributed by atoms with van der Waals surface area (Å²) in [7, 11) is 1.99. The fourth-order valence-electron chi connectivity index (χ4n) is 4.27. The Morgan fingerprint density at radius 2 is 1.91 bits per heavy atom. The van der Waals surface area contributed by atoms with Gasteiger partial charge in [-0.05, 0) is 59.9 Å². The fourth-order valence-corrected chi connectivity index (χ4v) is 4.27. The Bertz CT molecular complexity index is 1380. The van der Waals surface area contributed by atoms with E-state index in [1.54, 1.807) is 24.3 Å². The lowest BCUT2D eigenvalue weighted by atomic mass is 10.00. The van der Waals surface area contributed by atoms with Crippen molar-refractivity contribution in [2.24, 2.45) is 7.05 Å². The average Bonchev–Trinajstić information content (AvgIpc) is 3.21. The zero-order valence-corrected chi connectivity index (χ0v) is 20.0. The first-order valence-corrected chi connectivity index (χ1v) is 11.8. The number of nitriles is 1. The first kappa shape index (κ1) is 24.1. The van der Waals surface area contributed by atoms with Gasteiger partial charge in [0.05, 0.1) is 36.5 Å².